The van der Waals surface area contributed by atoms with Crippen molar-refractivity contribution in [3.8, 4) is 0 Å². The number of fused-ring (bicyclic) bond motifs is 1. The standard InChI is InChI=1S/C20H19NO2/c22-20-18-13-7-12-17(15-8-3-1-4-9-15)21(18)19(14-23-20)16-10-5-2-6-11-16/h1-11,13,17-19H,12,14H2/t17-,18-,19+/m0/s1. The number of carbonyl (C=O) groups is 1. The van der Waals surface area contributed by atoms with E-state index < -0.39 is 0 Å². The van der Waals surface area contributed by atoms with Gasteiger partial charge in [0.2, 0.25) is 0 Å². The molecule has 0 amide bonds. The van der Waals surface area contributed by atoms with E-state index in [2.05, 4.69) is 47.4 Å². The summed E-state index contributed by atoms with van der Waals surface area (Å²) in [6.07, 6.45) is 5.00. The topological polar surface area (TPSA) is 29.5 Å². The molecule has 3 nitrogen and oxygen atoms in total. The molecule has 2 aliphatic heterocycles. The summed E-state index contributed by atoms with van der Waals surface area (Å²) in [4.78, 5) is 14.6. The molecule has 3 heteroatoms. The zero-order chi connectivity index (χ0) is 15.6. The molecule has 0 spiro atoms. The molecular formula is C20H19NO2. The number of hydrogen-bond donors (Lipinski definition) is 0. The van der Waals surface area contributed by atoms with Crippen LogP contribution in [-0.2, 0) is 9.53 Å². The molecule has 2 aromatic rings. The van der Waals surface area contributed by atoms with Crippen molar-refractivity contribution in [2.75, 3.05) is 6.61 Å². The zero-order valence-electron chi connectivity index (χ0n) is 12.8. The van der Waals surface area contributed by atoms with Gasteiger partial charge in [-0.2, -0.15) is 0 Å². The third kappa shape index (κ3) is 2.57. The summed E-state index contributed by atoms with van der Waals surface area (Å²) in [7, 11) is 0. The van der Waals surface area contributed by atoms with Gasteiger partial charge in [0.15, 0.2) is 0 Å². The second-order valence-electron chi connectivity index (χ2n) is 6.04. The molecular weight excluding hydrogens is 286 g/mol. The van der Waals surface area contributed by atoms with Gasteiger partial charge in [-0.1, -0.05) is 72.8 Å². The van der Waals surface area contributed by atoms with Crippen LogP contribution in [0.5, 0.6) is 0 Å². The molecule has 3 atom stereocenters. The van der Waals surface area contributed by atoms with Crippen LogP contribution in [0.3, 0.4) is 0 Å². The van der Waals surface area contributed by atoms with Crippen LogP contribution in [0.4, 0.5) is 0 Å². The van der Waals surface area contributed by atoms with Crippen molar-refractivity contribution in [3.05, 3.63) is 83.9 Å². The molecule has 4 rings (SSSR count). The van der Waals surface area contributed by atoms with Crippen LogP contribution in [0.1, 0.15) is 29.6 Å². The Morgan fingerprint density at radius 1 is 0.870 bits per heavy atom. The largest absolute Gasteiger partial charge is 0.462 e. The quantitative estimate of drug-likeness (QED) is 0.626. The highest BCUT2D eigenvalue weighted by Crippen LogP contribution is 2.40. The Morgan fingerprint density at radius 2 is 1.48 bits per heavy atom. The monoisotopic (exact) mass is 305 g/mol. The van der Waals surface area contributed by atoms with Crippen molar-refractivity contribution in [2.45, 2.75) is 24.5 Å². The highest BCUT2D eigenvalue weighted by atomic mass is 16.5. The van der Waals surface area contributed by atoms with Crippen molar-refractivity contribution in [3.63, 3.8) is 0 Å². The summed E-state index contributed by atoms with van der Waals surface area (Å²) in [5.41, 5.74) is 2.44. The smallest absolute Gasteiger partial charge is 0.327 e. The molecule has 0 radical (unpaired) electrons. The third-order valence-electron chi connectivity index (χ3n) is 4.71. The van der Waals surface area contributed by atoms with Crippen molar-refractivity contribution in [1.82, 2.24) is 4.90 Å². The molecule has 116 valence electrons. The van der Waals surface area contributed by atoms with E-state index in [-0.39, 0.29) is 24.1 Å². The summed E-state index contributed by atoms with van der Waals surface area (Å²) in [6.45, 7) is 0.413. The van der Waals surface area contributed by atoms with Crippen LogP contribution in [-0.4, -0.2) is 23.5 Å². The number of carbonyl (C=O) groups excluding carboxylic acids is 1. The van der Waals surface area contributed by atoms with Gasteiger partial charge in [-0.25, -0.2) is 4.79 Å². The minimum Gasteiger partial charge on any atom is -0.462 e. The Bertz CT molecular complexity index is 711. The van der Waals surface area contributed by atoms with Crippen LogP contribution in [0.25, 0.3) is 0 Å². The van der Waals surface area contributed by atoms with Gasteiger partial charge < -0.3 is 4.74 Å². The molecule has 0 aliphatic carbocycles. The fourth-order valence-corrected chi connectivity index (χ4v) is 3.62. The predicted octanol–water partition coefficient (Wildman–Crippen LogP) is 3.66. The third-order valence-corrected chi connectivity index (χ3v) is 4.71. The summed E-state index contributed by atoms with van der Waals surface area (Å²) in [5.74, 6) is -0.144. The van der Waals surface area contributed by atoms with E-state index >= 15 is 0 Å². The van der Waals surface area contributed by atoms with E-state index in [1.165, 1.54) is 11.1 Å². The van der Waals surface area contributed by atoms with E-state index in [0.29, 0.717) is 6.61 Å². The average molecular weight is 305 g/mol. The summed E-state index contributed by atoms with van der Waals surface area (Å²) in [6, 6.07) is 20.7. The maximum absolute atomic E-state index is 12.3. The van der Waals surface area contributed by atoms with E-state index in [0.717, 1.165) is 6.42 Å². The van der Waals surface area contributed by atoms with Crippen molar-refractivity contribution >= 4 is 5.97 Å². The molecule has 0 N–H and O–H groups in total. The lowest BCUT2D eigenvalue weighted by atomic mass is 9.90. The van der Waals surface area contributed by atoms with Gasteiger partial charge in [-0.15, -0.1) is 0 Å². The van der Waals surface area contributed by atoms with Crippen LogP contribution in [0, 0.1) is 0 Å². The SMILES string of the molecule is O=C1OC[C@H](c2ccccc2)N2[C@H]1C=CC[C@H]2c1ccccc1. The molecule has 0 unspecified atom stereocenters. The second-order valence-corrected chi connectivity index (χ2v) is 6.04. The molecule has 0 saturated carbocycles. The molecule has 0 aromatic heterocycles. The Labute approximate surface area is 136 Å². The first-order valence-corrected chi connectivity index (χ1v) is 8.05. The van der Waals surface area contributed by atoms with Gasteiger partial charge in [0, 0.05) is 6.04 Å². The van der Waals surface area contributed by atoms with E-state index in [1.54, 1.807) is 0 Å². The maximum Gasteiger partial charge on any atom is 0.327 e. The lowest BCUT2D eigenvalue weighted by Gasteiger charge is -2.46. The summed E-state index contributed by atoms with van der Waals surface area (Å²) < 4.78 is 5.47. The van der Waals surface area contributed by atoms with Crippen molar-refractivity contribution in [1.29, 1.82) is 0 Å². The number of nitrogens with zero attached hydrogens (tertiary/aromatic N) is 1. The number of rotatable bonds is 2. The molecule has 1 saturated heterocycles. The number of morpholine rings is 1. The Morgan fingerprint density at radius 3 is 2.13 bits per heavy atom. The minimum atomic E-state index is -0.298. The van der Waals surface area contributed by atoms with Gasteiger partial charge in [0.25, 0.3) is 0 Å². The molecule has 2 aliphatic rings. The number of hydrogen-bond acceptors (Lipinski definition) is 3. The van der Waals surface area contributed by atoms with Gasteiger partial charge in [-0.05, 0) is 17.5 Å². The van der Waals surface area contributed by atoms with Crippen LogP contribution in [0.2, 0.25) is 0 Å². The van der Waals surface area contributed by atoms with Crippen LogP contribution < -0.4 is 0 Å². The average Bonchev–Trinajstić information content (AvgIpc) is 2.63. The normalized spacial score (nSPS) is 27.3. The predicted molar refractivity (Wildman–Crippen MR) is 88.7 cm³/mol. The minimum absolute atomic E-state index is 0.0917. The van der Waals surface area contributed by atoms with Gasteiger partial charge in [0.05, 0.1) is 6.04 Å². The van der Waals surface area contributed by atoms with Crippen LogP contribution >= 0.6 is 0 Å². The van der Waals surface area contributed by atoms with E-state index in [4.69, 9.17) is 4.74 Å². The number of esters is 1. The lowest BCUT2D eigenvalue weighted by Crippen LogP contribution is -2.52. The molecule has 2 aromatic carbocycles. The Balaban J connectivity index is 1.76. The van der Waals surface area contributed by atoms with E-state index in [9.17, 15) is 4.79 Å². The Hall–Kier alpha value is -2.39. The molecule has 0 bridgehead atoms. The highest BCUT2D eigenvalue weighted by molar-refractivity contribution is 5.79. The molecule has 23 heavy (non-hydrogen) atoms. The first-order chi connectivity index (χ1) is 11.3. The lowest BCUT2D eigenvalue weighted by molar-refractivity contribution is -0.163. The maximum atomic E-state index is 12.3. The molecule has 2 heterocycles. The first-order valence-electron chi connectivity index (χ1n) is 8.05. The van der Waals surface area contributed by atoms with Gasteiger partial charge in [-0.3, -0.25) is 4.90 Å². The van der Waals surface area contributed by atoms with Gasteiger partial charge >= 0.3 is 5.97 Å². The van der Waals surface area contributed by atoms with Crippen molar-refractivity contribution < 1.29 is 9.53 Å². The summed E-state index contributed by atoms with van der Waals surface area (Å²) in [5, 5.41) is 0. The van der Waals surface area contributed by atoms with Crippen LogP contribution in [0.15, 0.2) is 72.8 Å². The van der Waals surface area contributed by atoms with E-state index in [1.807, 2.05) is 30.3 Å². The fourth-order valence-electron chi connectivity index (χ4n) is 3.62. The van der Waals surface area contributed by atoms with Gasteiger partial charge in [0.1, 0.15) is 12.6 Å². The Kier molecular flexibility index (Phi) is 3.72. The zero-order valence-corrected chi connectivity index (χ0v) is 12.8. The first kappa shape index (κ1) is 14.2. The number of cyclic esters (lactones) is 1. The summed E-state index contributed by atoms with van der Waals surface area (Å²) >= 11 is 0. The van der Waals surface area contributed by atoms with Crippen molar-refractivity contribution in [2.24, 2.45) is 0 Å². The fraction of sp³-hybridized carbons (Fsp3) is 0.250. The number of benzene rings is 2. The number of ether oxygens (including phenoxy) is 1. The second kappa shape index (κ2) is 6.01. The molecule has 1 fully saturated rings. The highest BCUT2D eigenvalue weighted by Gasteiger charge is 2.42.